The number of aromatic nitrogens is 4. The molecule has 5 rings (SSSR count). The Balaban J connectivity index is 1.24. The fraction of sp³-hybridized carbons (Fsp3) is 0.417. The summed E-state index contributed by atoms with van der Waals surface area (Å²) < 4.78 is 29.9. The van der Waals surface area contributed by atoms with E-state index >= 15 is 0 Å². The Labute approximate surface area is 208 Å². The lowest BCUT2D eigenvalue weighted by molar-refractivity contribution is 0.361. The largest absolute Gasteiger partial charge is 0.368 e. The number of anilines is 2. The third-order valence-corrected chi connectivity index (χ3v) is 8.43. The Morgan fingerprint density at radius 1 is 1.17 bits per heavy atom. The van der Waals surface area contributed by atoms with E-state index in [4.69, 9.17) is 4.52 Å². The van der Waals surface area contributed by atoms with Gasteiger partial charge in [-0.2, -0.15) is 4.98 Å². The van der Waals surface area contributed by atoms with Crippen molar-refractivity contribution in [1.29, 1.82) is 0 Å². The van der Waals surface area contributed by atoms with Crippen LogP contribution in [-0.2, 0) is 9.84 Å². The van der Waals surface area contributed by atoms with Crippen LogP contribution in [0.1, 0.15) is 38.5 Å². The maximum atomic E-state index is 11.8. The van der Waals surface area contributed by atoms with Crippen LogP contribution in [-0.4, -0.2) is 54.4 Å². The van der Waals surface area contributed by atoms with Gasteiger partial charge in [-0.3, -0.25) is 0 Å². The molecule has 4 aromatic rings. The van der Waals surface area contributed by atoms with Crippen molar-refractivity contribution in [2.24, 2.45) is 5.92 Å². The predicted molar refractivity (Wildman–Crippen MR) is 138 cm³/mol. The quantitative estimate of drug-likeness (QED) is 0.379. The lowest BCUT2D eigenvalue weighted by Crippen LogP contribution is -2.36. The first-order valence-electron chi connectivity index (χ1n) is 11.6. The molecule has 35 heavy (non-hydrogen) atoms. The molecule has 11 heteroatoms. The molecule has 0 radical (unpaired) electrons. The minimum Gasteiger partial charge on any atom is -0.368 e. The van der Waals surface area contributed by atoms with Crippen LogP contribution < -0.4 is 10.2 Å². The Morgan fingerprint density at radius 2 is 1.91 bits per heavy atom. The number of rotatable bonds is 7. The van der Waals surface area contributed by atoms with Crippen molar-refractivity contribution in [3.63, 3.8) is 0 Å². The highest BCUT2D eigenvalue weighted by Crippen LogP contribution is 2.36. The number of nitrogens with zero attached hydrogens (tertiary/aromatic N) is 5. The molecular weight excluding hydrogens is 484 g/mol. The van der Waals surface area contributed by atoms with E-state index < -0.39 is 9.84 Å². The highest BCUT2D eigenvalue weighted by Gasteiger charge is 2.23. The molecule has 3 aromatic heterocycles. The molecule has 0 saturated carbocycles. The molecule has 0 unspecified atom stereocenters. The topological polar surface area (TPSA) is 114 Å². The Kier molecular flexibility index (Phi) is 6.45. The summed E-state index contributed by atoms with van der Waals surface area (Å²) in [6.07, 6.45) is 4.87. The van der Waals surface area contributed by atoms with E-state index in [1.807, 2.05) is 26.0 Å². The maximum Gasteiger partial charge on any atom is 0.266 e. The van der Waals surface area contributed by atoms with E-state index in [0.717, 1.165) is 59.6 Å². The van der Waals surface area contributed by atoms with E-state index in [1.54, 1.807) is 29.8 Å². The molecule has 0 spiro atoms. The van der Waals surface area contributed by atoms with Crippen molar-refractivity contribution >= 4 is 43.2 Å². The highest BCUT2D eigenvalue weighted by atomic mass is 32.2. The number of hydrogen-bond donors (Lipinski definition) is 1. The van der Waals surface area contributed by atoms with Gasteiger partial charge in [0.1, 0.15) is 12.1 Å². The van der Waals surface area contributed by atoms with Crippen LogP contribution in [0.25, 0.3) is 21.3 Å². The smallest absolute Gasteiger partial charge is 0.266 e. The number of benzene rings is 1. The zero-order chi connectivity index (χ0) is 24.6. The minimum atomic E-state index is -3.23. The standard InChI is InChI=1S/C24H28N6O3S2/c1-15(2)23-28-24(29-33-23)30-10-8-16(9-11-30)12-25-22-21-20(26-14-27-22)19(13-34-21)17-4-6-18(7-5-17)35(3,31)32/h4-7,13-16H,8-12H2,1-3H3,(H,25,26,27). The van der Waals surface area contributed by atoms with Gasteiger partial charge in [-0.05, 0) is 41.6 Å². The second kappa shape index (κ2) is 9.54. The second-order valence-electron chi connectivity index (χ2n) is 9.24. The molecule has 0 amide bonds. The molecule has 9 nitrogen and oxygen atoms in total. The van der Waals surface area contributed by atoms with Gasteiger partial charge in [0.15, 0.2) is 9.84 Å². The minimum absolute atomic E-state index is 0.229. The van der Waals surface area contributed by atoms with Gasteiger partial charge in [0.05, 0.1) is 15.1 Å². The van der Waals surface area contributed by atoms with Crippen molar-refractivity contribution in [3.05, 3.63) is 41.9 Å². The molecule has 0 atom stereocenters. The maximum absolute atomic E-state index is 11.8. The van der Waals surface area contributed by atoms with E-state index in [1.165, 1.54) is 6.26 Å². The number of hydrogen-bond acceptors (Lipinski definition) is 10. The Hall–Kier alpha value is -3.05. The van der Waals surface area contributed by atoms with Crippen molar-refractivity contribution < 1.29 is 12.9 Å². The lowest BCUT2D eigenvalue weighted by atomic mass is 9.97. The third kappa shape index (κ3) is 5.01. The van der Waals surface area contributed by atoms with Gasteiger partial charge in [-0.15, -0.1) is 11.3 Å². The van der Waals surface area contributed by atoms with Gasteiger partial charge in [-0.25, -0.2) is 18.4 Å². The van der Waals surface area contributed by atoms with Gasteiger partial charge in [0.2, 0.25) is 5.89 Å². The number of thiophene rings is 1. The van der Waals surface area contributed by atoms with Crippen LogP contribution in [0.2, 0.25) is 0 Å². The summed E-state index contributed by atoms with van der Waals surface area (Å²) in [6.45, 7) is 6.72. The normalized spacial score (nSPS) is 15.3. The first-order valence-corrected chi connectivity index (χ1v) is 14.4. The molecule has 1 aliphatic rings. The van der Waals surface area contributed by atoms with Crippen molar-refractivity contribution in [2.75, 3.05) is 36.1 Å². The van der Waals surface area contributed by atoms with Gasteiger partial charge in [0, 0.05) is 42.8 Å². The van der Waals surface area contributed by atoms with E-state index in [2.05, 4.69) is 35.7 Å². The Morgan fingerprint density at radius 3 is 2.57 bits per heavy atom. The first kappa shape index (κ1) is 23.7. The van der Waals surface area contributed by atoms with Gasteiger partial charge >= 0.3 is 0 Å². The van der Waals surface area contributed by atoms with Gasteiger partial charge in [-0.1, -0.05) is 26.0 Å². The second-order valence-corrected chi connectivity index (χ2v) is 12.1. The molecule has 0 aliphatic carbocycles. The first-order chi connectivity index (χ1) is 16.8. The van der Waals surface area contributed by atoms with Crippen LogP contribution in [0.3, 0.4) is 0 Å². The molecule has 1 fully saturated rings. The number of fused-ring (bicyclic) bond motifs is 1. The summed E-state index contributed by atoms with van der Waals surface area (Å²) in [4.78, 5) is 16.0. The summed E-state index contributed by atoms with van der Waals surface area (Å²) >= 11 is 1.59. The number of sulfone groups is 1. The molecule has 1 N–H and O–H groups in total. The molecule has 1 saturated heterocycles. The summed E-state index contributed by atoms with van der Waals surface area (Å²) in [5.41, 5.74) is 2.78. The fourth-order valence-electron chi connectivity index (χ4n) is 4.23. The fourth-order valence-corrected chi connectivity index (χ4v) is 5.86. The van der Waals surface area contributed by atoms with Gasteiger partial charge < -0.3 is 14.7 Å². The lowest BCUT2D eigenvalue weighted by Gasteiger charge is -2.31. The monoisotopic (exact) mass is 512 g/mol. The summed E-state index contributed by atoms with van der Waals surface area (Å²) in [5, 5.41) is 9.72. The zero-order valence-electron chi connectivity index (χ0n) is 19.9. The van der Waals surface area contributed by atoms with Crippen molar-refractivity contribution in [2.45, 2.75) is 37.5 Å². The molecule has 1 aliphatic heterocycles. The van der Waals surface area contributed by atoms with Crippen LogP contribution in [0.15, 0.2) is 45.4 Å². The number of piperidine rings is 1. The summed E-state index contributed by atoms with van der Waals surface area (Å²) in [5.74, 6) is 2.95. The van der Waals surface area contributed by atoms with Crippen LogP contribution in [0, 0.1) is 5.92 Å². The van der Waals surface area contributed by atoms with E-state index in [9.17, 15) is 8.42 Å². The zero-order valence-corrected chi connectivity index (χ0v) is 21.6. The summed E-state index contributed by atoms with van der Waals surface area (Å²) in [7, 11) is -3.23. The molecule has 4 heterocycles. The van der Waals surface area contributed by atoms with Crippen LogP contribution in [0.5, 0.6) is 0 Å². The SMILES string of the molecule is CC(C)c1nc(N2CCC(CNc3ncnc4c(-c5ccc(S(C)(=O)=O)cc5)csc34)CC2)no1. The molecule has 1 aromatic carbocycles. The average Bonchev–Trinajstić information content (AvgIpc) is 3.51. The van der Waals surface area contributed by atoms with E-state index in [0.29, 0.717) is 22.7 Å². The number of nitrogens with one attached hydrogen (secondary N) is 1. The average molecular weight is 513 g/mol. The van der Waals surface area contributed by atoms with E-state index in [-0.39, 0.29) is 5.92 Å². The molecular formula is C24H28N6O3S2. The van der Waals surface area contributed by atoms with Crippen LogP contribution >= 0.6 is 11.3 Å². The predicted octanol–water partition coefficient (Wildman–Crippen LogP) is 4.60. The van der Waals surface area contributed by atoms with Crippen molar-refractivity contribution in [1.82, 2.24) is 20.1 Å². The van der Waals surface area contributed by atoms with Crippen molar-refractivity contribution in [3.8, 4) is 11.1 Å². The highest BCUT2D eigenvalue weighted by molar-refractivity contribution is 7.90. The molecule has 0 bridgehead atoms. The van der Waals surface area contributed by atoms with Crippen LogP contribution in [0.4, 0.5) is 11.8 Å². The van der Waals surface area contributed by atoms with Gasteiger partial charge in [0.25, 0.3) is 5.95 Å². The summed E-state index contributed by atoms with van der Waals surface area (Å²) in [6, 6.07) is 6.93. The third-order valence-electron chi connectivity index (χ3n) is 6.33. The Bertz CT molecular complexity index is 1420. The molecule has 184 valence electrons.